The lowest BCUT2D eigenvalue weighted by Crippen LogP contribution is -2.20. The molecule has 1 aromatic heterocycles. The summed E-state index contributed by atoms with van der Waals surface area (Å²) in [5.74, 6) is -0.256. The molecule has 0 radical (unpaired) electrons. The average molecular weight is 301 g/mol. The lowest BCUT2D eigenvalue weighted by Gasteiger charge is -2.01. The zero-order valence-corrected chi connectivity index (χ0v) is 11.8. The first-order valence-electron chi connectivity index (χ1n) is 5.22. The Bertz CT molecular complexity index is 551. The number of hydrogen-bond donors (Lipinski definition) is 1. The number of rotatable bonds is 3. The molecule has 2 aromatic rings. The SMILES string of the molecule is C[C@H](Cl)C(=O)Nc1nc(-c2ccc(Cl)cc2)cs1. The van der Waals surface area contributed by atoms with Crippen molar-refractivity contribution in [3.63, 3.8) is 0 Å². The quantitative estimate of drug-likeness (QED) is 0.870. The molecule has 0 bridgehead atoms. The number of nitrogens with one attached hydrogen (secondary N) is 1. The zero-order chi connectivity index (χ0) is 13.1. The van der Waals surface area contributed by atoms with Gasteiger partial charge in [-0.3, -0.25) is 4.79 Å². The lowest BCUT2D eigenvalue weighted by molar-refractivity contribution is -0.115. The predicted octanol–water partition coefficient (Wildman–Crippen LogP) is 4.03. The Morgan fingerprint density at radius 3 is 2.67 bits per heavy atom. The number of benzene rings is 1. The van der Waals surface area contributed by atoms with Crippen molar-refractivity contribution < 1.29 is 4.79 Å². The number of halogens is 2. The summed E-state index contributed by atoms with van der Waals surface area (Å²) < 4.78 is 0. The summed E-state index contributed by atoms with van der Waals surface area (Å²) >= 11 is 12.8. The number of anilines is 1. The van der Waals surface area contributed by atoms with E-state index in [0.717, 1.165) is 11.3 Å². The normalized spacial score (nSPS) is 12.2. The van der Waals surface area contributed by atoms with Crippen LogP contribution in [0.4, 0.5) is 5.13 Å². The van der Waals surface area contributed by atoms with E-state index in [1.165, 1.54) is 11.3 Å². The van der Waals surface area contributed by atoms with Crippen molar-refractivity contribution in [1.29, 1.82) is 0 Å². The number of thiazole rings is 1. The topological polar surface area (TPSA) is 42.0 Å². The molecule has 1 aromatic carbocycles. The van der Waals surface area contributed by atoms with E-state index in [9.17, 15) is 4.79 Å². The molecule has 3 nitrogen and oxygen atoms in total. The van der Waals surface area contributed by atoms with Crippen LogP contribution in [0.25, 0.3) is 11.3 Å². The minimum Gasteiger partial charge on any atom is -0.301 e. The monoisotopic (exact) mass is 300 g/mol. The molecule has 0 aliphatic rings. The van der Waals surface area contributed by atoms with Gasteiger partial charge in [-0.2, -0.15) is 0 Å². The number of carbonyl (C=O) groups is 1. The van der Waals surface area contributed by atoms with E-state index in [1.54, 1.807) is 19.1 Å². The minimum absolute atomic E-state index is 0.256. The summed E-state index contributed by atoms with van der Waals surface area (Å²) in [5, 5.41) is 5.17. The first kappa shape index (κ1) is 13.3. The van der Waals surface area contributed by atoms with E-state index in [4.69, 9.17) is 23.2 Å². The molecule has 0 spiro atoms. The summed E-state index contributed by atoms with van der Waals surface area (Å²) in [5.41, 5.74) is 1.75. The van der Waals surface area contributed by atoms with Crippen LogP contribution in [0.5, 0.6) is 0 Å². The molecule has 1 atom stereocenters. The van der Waals surface area contributed by atoms with E-state index < -0.39 is 5.38 Å². The molecule has 94 valence electrons. The second kappa shape index (κ2) is 5.69. The summed E-state index contributed by atoms with van der Waals surface area (Å²) in [4.78, 5) is 15.7. The standard InChI is InChI=1S/C12H10Cl2N2OS/c1-7(13)11(17)16-12-15-10(6-18-12)8-2-4-9(14)5-3-8/h2-7H,1H3,(H,15,16,17)/t7-/m0/s1. The van der Waals surface area contributed by atoms with Crippen LogP contribution in [0.15, 0.2) is 29.6 Å². The number of carbonyl (C=O) groups excluding carboxylic acids is 1. The summed E-state index contributed by atoms with van der Waals surface area (Å²) in [6.07, 6.45) is 0. The van der Waals surface area contributed by atoms with Gasteiger partial charge >= 0.3 is 0 Å². The van der Waals surface area contributed by atoms with Gasteiger partial charge in [-0.1, -0.05) is 23.7 Å². The Morgan fingerprint density at radius 2 is 2.06 bits per heavy atom. The molecule has 0 aliphatic carbocycles. The van der Waals surface area contributed by atoms with Crippen LogP contribution in [0.3, 0.4) is 0 Å². The van der Waals surface area contributed by atoms with Gasteiger partial charge in [-0.05, 0) is 19.1 Å². The number of amides is 1. The third kappa shape index (κ3) is 3.22. The zero-order valence-electron chi connectivity index (χ0n) is 9.48. The Morgan fingerprint density at radius 1 is 1.39 bits per heavy atom. The summed E-state index contributed by atoms with van der Waals surface area (Å²) in [6.45, 7) is 1.62. The van der Waals surface area contributed by atoms with Gasteiger partial charge in [0.15, 0.2) is 5.13 Å². The van der Waals surface area contributed by atoms with Crippen LogP contribution in [-0.4, -0.2) is 16.3 Å². The van der Waals surface area contributed by atoms with Crippen LogP contribution in [-0.2, 0) is 4.79 Å². The van der Waals surface area contributed by atoms with Crippen LogP contribution in [0.2, 0.25) is 5.02 Å². The van der Waals surface area contributed by atoms with E-state index in [-0.39, 0.29) is 5.91 Å². The van der Waals surface area contributed by atoms with Gasteiger partial charge in [0.05, 0.1) is 5.69 Å². The van der Waals surface area contributed by atoms with Gasteiger partial charge in [0.1, 0.15) is 5.38 Å². The smallest absolute Gasteiger partial charge is 0.243 e. The number of alkyl halides is 1. The second-order valence-electron chi connectivity index (χ2n) is 3.65. The minimum atomic E-state index is -0.576. The molecule has 1 N–H and O–H groups in total. The van der Waals surface area contributed by atoms with Crippen LogP contribution in [0, 0.1) is 0 Å². The number of aromatic nitrogens is 1. The van der Waals surface area contributed by atoms with Crippen molar-refractivity contribution in [3.05, 3.63) is 34.7 Å². The fourth-order valence-corrected chi connectivity index (χ4v) is 2.19. The third-order valence-electron chi connectivity index (χ3n) is 2.24. The molecular weight excluding hydrogens is 291 g/mol. The van der Waals surface area contributed by atoms with E-state index in [1.807, 2.05) is 17.5 Å². The summed E-state index contributed by atoms with van der Waals surface area (Å²) in [6, 6.07) is 7.37. The molecule has 0 saturated heterocycles. The molecule has 0 aliphatic heterocycles. The maximum absolute atomic E-state index is 11.4. The average Bonchev–Trinajstić information content (AvgIpc) is 2.78. The Balaban J connectivity index is 2.15. The van der Waals surface area contributed by atoms with Gasteiger partial charge in [0.2, 0.25) is 5.91 Å². The van der Waals surface area contributed by atoms with Crippen molar-refractivity contribution in [2.45, 2.75) is 12.3 Å². The van der Waals surface area contributed by atoms with Crippen molar-refractivity contribution in [2.75, 3.05) is 5.32 Å². The van der Waals surface area contributed by atoms with E-state index in [2.05, 4.69) is 10.3 Å². The van der Waals surface area contributed by atoms with Crippen LogP contribution < -0.4 is 5.32 Å². The summed E-state index contributed by atoms with van der Waals surface area (Å²) in [7, 11) is 0. The molecule has 1 amide bonds. The van der Waals surface area contributed by atoms with Crippen molar-refractivity contribution in [1.82, 2.24) is 4.98 Å². The molecule has 1 heterocycles. The van der Waals surface area contributed by atoms with Crippen molar-refractivity contribution >= 4 is 45.6 Å². The number of nitrogens with zero attached hydrogens (tertiary/aromatic N) is 1. The van der Waals surface area contributed by atoms with Gasteiger partial charge in [-0.15, -0.1) is 22.9 Å². The van der Waals surface area contributed by atoms with Crippen LogP contribution in [0.1, 0.15) is 6.92 Å². The molecule has 0 saturated carbocycles. The fraction of sp³-hybridized carbons (Fsp3) is 0.167. The van der Waals surface area contributed by atoms with Gasteiger partial charge in [0, 0.05) is 16.0 Å². The van der Waals surface area contributed by atoms with Gasteiger partial charge < -0.3 is 5.32 Å². The molecule has 18 heavy (non-hydrogen) atoms. The first-order valence-corrected chi connectivity index (χ1v) is 6.92. The van der Waals surface area contributed by atoms with E-state index in [0.29, 0.717) is 10.2 Å². The third-order valence-corrected chi connectivity index (χ3v) is 3.44. The van der Waals surface area contributed by atoms with Crippen molar-refractivity contribution in [2.24, 2.45) is 0 Å². The van der Waals surface area contributed by atoms with Crippen LogP contribution >= 0.6 is 34.5 Å². The highest BCUT2D eigenvalue weighted by Crippen LogP contribution is 2.26. The fourth-order valence-electron chi connectivity index (χ4n) is 1.29. The van der Waals surface area contributed by atoms with E-state index >= 15 is 0 Å². The maximum atomic E-state index is 11.4. The highest BCUT2D eigenvalue weighted by atomic mass is 35.5. The largest absolute Gasteiger partial charge is 0.301 e. The Kier molecular flexibility index (Phi) is 4.22. The van der Waals surface area contributed by atoms with Gasteiger partial charge in [0.25, 0.3) is 0 Å². The molecule has 6 heteroatoms. The predicted molar refractivity (Wildman–Crippen MR) is 76.5 cm³/mol. The van der Waals surface area contributed by atoms with Crippen molar-refractivity contribution in [3.8, 4) is 11.3 Å². The maximum Gasteiger partial charge on any atom is 0.243 e. The van der Waals surface area contributed by atoms with Gasteiger partial charge in [-0.25, -0.2) is 4.98 Å². The highest BCUT2D eigenvalue weighted by Gasteiger charge is 2.12. The first-order chi connectivity index (χ1) is 8.56. The second-order valence-corrected chi connectivity index (χ2v) is 5.60. The molecule has 0 fully saturated rings. The molecule has 2 rings (SSSR count). The lowest BCUT2D eigenvalue weighted by atomic mass is 10.2. The molecule has 0 unspecified atom stereocenters. The Hall–Kier alpha value is -1.10. The highest BCUT2D eigenvalue weighted by molar-refractivity contribution is 7.14. The number of hydrogen-bond acceptors (Lipinski definition) is 3. The molecular formula is C12H10Cl2N2OS. The Labute approximate surface area is 119 Å².